The maximum atomic E-state index is 5.68. The van der Waals surface area contributed by atoms with Crippen molar-refractivity contribution in [2.24, 2.45) is 11.3 Å². The summed E-state index contributed by atoms with van der Waals surface area (Å²) in [5.41, 5.74) is 0.653. The molecule has 0 radical (unpaired) electrons. The zero-order valence-corrected chi connectivity index (χ0v) is 9.51. The van der Waals surface area contributed by atoms with Crippen molar-refractivity contribution in [3.05, 3.63) is 0 Å². The Bertz CT molecular complexity index is 187. The lowest BCUT2D eigenvalue weighted by molar-refractivity contribution is -0.117. The van der Waals surface area contributed by atoms with E-state index in [2.05, 4.69) is 19.2 Å². The predicted octanol–water partition coefficient (Wildman–Crippen LogP) is 2.19. The molecule has 0 aromatic heterocycles. The minimum absolute atomic E-state index is 0.576. The van der Waals surface area contributed by atoms with Gasteiger partial charge in [-0.25, -0.2) is 0 Å². The van der Waals surface area contributed by atoms with Gasteiger partial charge in [0, 0.05) is 6.61 Å². The first-order chi connectivity index (χ1) is 6.80. The van der Waals surface area contributed by atoms with Crippen molar-refractivity contribution in [3.8, 4) is 0 Å². The molecule has 14 heavy (non-hydrogen) atoms. The standard InChI is InChI=1S/C12H23NO/c1-3-10-9-13-6-5-12(10)7-11(8-12)14-4-2/h10-11,13H,3-9H2,1-2H3. The second kappa shape index (κ2) is 4.19. The van der Waals surface area contributed by atoms with Crippen molar-refractivity contribution in [1.29, 1.82) is 0 Å². The van der Waals surface area contributed by atoms with E-state index in [9.17, 15) is 0 Å². The molecule has 1 unspecified atom stereocenters. The molecule has 2 heteroatoms. The molecule has 2 nitrogen and oxygen atoms in total. The molecule has 82 valence electrons. The van der Waals surface area contributed by atoms with Gasteiger partial charge >= 0.3 is 0 Å². The second-order valence-electron chi connectivity index (χ2n) is 4.91. The number of nitrogens with one attached hydrogen (secondary N) is 1. The van der Waals surface area contributed by atoms with E-state index < -0.39 is 0 Å². The Labute approximate surface area is 87.4 Å². The van der Waals surface area contributed by atoms with Crippen LogP contribution in [0.25, 0.3) is 0 Å². The molecule has 1 atom stereocenters. The zero-order valence-electron chi connectivity index (χ0n) is 9.51. The van der Waals surface area contributed by atoms with Crippen LogP contribution < -0.4 is 5.32 Å². The van der Waals surface area contributed by atoms with E-state index in [1.807, 2.05) is 0 Å². The second-order valence-corrected chi connectivity index (χ2v) is 4.91. The fraction of sp³-hybridized carbons (Fsp3) is 1.00. The van der Waals surface area contributed by atoms with Gasteiger partial charge in [0.05, 0.1) is 6.10 Å². The summed E-state index contributed by atoms with van der Waals surface area (Å²) >= 11 is 0. The Morgan fingerprint density at radius 3 is 2.79 bits per heavy atom. The third-order valence-electron chi connectivity index (χ3n) is 4.22. The average molecular weight is 197 g/mol. The Morgan fingerprint density at radius 2 is 2.14 bits per heavy atom. The quantitative estimate of drug-likeness (QED) is 0.749. The molecular weight excluding hydrogens is 174 g/mol. The Kier molecular flexibility index (Phi) is 3.13. The predicted molar refractivity (Wildman–Crippen MR) is 58.3 cm³/mol. The summed E-state index contributed by atoms with van der Waals surface area (Å²) < 4.78 is 5.68. The van der Waals surface area contributed by atoms with Gasteiger partial charge in [0.2, 0.25) is 0 Å². The highest BCUT2D eigenvalue weighted by molar-refractivity contribution is 5.01. The summed E-state index contributed by atoms with van der Waals surface area (Å²) in [6.45, 7) is 7.76. The van der Waals surface area contributed by atoms with Crippen LogP contribution in [0.1, 0.15) is 39.5 Å². The summed E-state index contributed by atoms with van der Waals surface area (Å²) in [6.07, 6.45) is 5.91. The largest absolute Gasteiger partial charge is 0.378 e. The summed E-state index contributed by atoms with van der Waals surface area (Å²) in [6, 6.07) is 0. The van der Waals surface area contributed by atoms with Crippen molar-refractivity contribution in [3.63, 3.8) is 0 Å². The van der Waals surface area contributed by atoms with Crippen LogP contribution in [-0.4, -0.2) is 25.8 Å². The molecule has 0 aromatic rings. The molecule has 2 rings (SSSR count). The SMILES string of the molecule is CCOC1CC2(CCNCC2CC)C1. The highest BCUT2D eigenvalue weighted by atomic mass is 16.5. The first kappa shape index (κ1) is 10.4. The number of rotatable bonds is 3. The minimum Gasteiger partial charge on any atom is -0.378 e. The molecular formula is C12H23NO. The maximum absolute atomic E-state index is 5.68. The van der Waals surface area contributed by atoms with E-state index in [4.69, 9.17) is 4.74 Å². The molecule has 1 aliphatic heterocycles. The number of piperidine rings is 1. The fourth-order valence-corrected chi connectivity index (χ4v) is 3.35. The monoisotopic (exact) mass is 197 g/mol. The van der Waals surface area contributed by atoms with Crippen molar-refractivity contribution in [1.82, 2.24) is 5.32 Å². The molecule has 1 saturated heterocycles. The van der Waals surface area contributed by atoms with Crippen molar-refractivity contribution >= 4 is 0 Å². The number of hydrogen-bond acceptors (Lipinski definition) is 2. The van der Waals surface area contributed by atoms with Crippen LogP contribution in [0, 0.1) is 11.3 Å². The average Bonchev–Trinajstić information content (AvgIpc) is 2.16. The topological polar surface area (TPSA) is 21.3 Å². The summed E-state index contributed by atoms with van der Waals surface area (Å²) in [4.78, 5) is 0. The Morgan fingerprint density at radius 1 is 1.36 bits per heavy atom. The Hall–Kier alpha value is -0.0800. The smallest absolute Gasteiger partial charge is 0.0585 e. The molecule has 2 aliphatic rings. The highest BCUT2D eigenvalue weighted by Gasteiger charge is 2.49. The van der Waals surface area contributed by atoms with E-state index in [0.717, 1.165) is 12.5 Å². The molecule has 0 amide bonds. The normalized spacial score (nSPS) is 42.4. The molecule has 1 N–H and O–H groups in total. The summed E-state index contributed by atoms with van der Waals surface area (Å²) in [7, 11) is 0. The van der Waals surface area contributed by atoms with Gasteiger partial charge in [-0.2, -0.15) is 0 Å². The zero-order chi connectivity index (χ0) is 10.0. The molecule has 1 aliphatic carbocycles. The maximum Gasteiger partial charge on any atom is 0.0585 e. The summed E-state index contributed by atoms with van der Waals surface area (Å²) in [5.74, 6) is 0.896. The molecule has 1 spiro atoms. The third kappa shape index (κ3) is 1.70. The van der Waals surface area contributed by atoms with Crippen LogP contribution in [0.2, 0.25) is 0 Å². The van der Waals surface area contributed by atoms with Crippen molar-refractivity contribution in [2.45, 2.75) is 45.6 Å². The van der Waals surface area contributed by atoms with Gasteiger partial charge in [-0.15, -0.1) is 0 Å². The van der Waals surface area contributed by atoms with Crippen LogP contribution in [0.3, 0.4) is 0 Å². The van der Waals surface area contributed by atoms with E-state index in [0.29, 0.717) is 11.5 Å². The first-order valence-corrected chi connectivity index (χ1v) is 6.13. The van der Waals surface area contributed by atoms with Gasteiger partial charge in [0.25, 0.3) is 0 Å². The van der Waals surface area contributed by atoms with E-state index in [1.54, 1.807) is 0 Å². The van der Waals surface area contributed by atoms with Crippen LogP contribution in [0.4, 0.5) is 0 Å². The van der Waals surface area contributed by atoms with Gasteiger partial charge in [0.15, 0.2) is 0 Å². The summed E-state index contributed by atoms with van der Waals surface area (Å²) in [5, 5.41) is 3.52. The van der Waals surface area contributed by atoms with E-state index in [1.165, 1.54) is 38.8 Å². The number of hydrogen-bond donors (Lipinski definition) is 1. The van der Waals surface area contributed by atoms with Gasteiger partial charge in [-0.1, -0.05) is 13.3 Å². The molecule has 1 saturated carbocycles. The lowest BCUT2D eigenvalue weighted by Gasteiger charge is -2.54. The lowest BCUT2D eigenvalue weighted by Crippen LogP contribution is -2.54. The highest BCUT2D eigenvalue weighted by Crippen LogP contribution is 2.53. The van der Waals surface area contributed by atoms with Gasteiger partial charge in [-0.05, 0) is 50.6 Å². The Balaban J connectivity index is 1.89. The van der Waals surface area contributed by atoms with Crippen LogP contribution in [0.15, 0.2) is 0 Å². The van der Waals surface area contributed by atoms with E-state index in [-0.39, 0.29) is 0 Å². The minimum atomic E-state index is 0.576. The van der Waals surface area contributed by atoms with Crippen molar-refractivity contribution < 1.29 is 4.74 Å². The number of ether oxygens (including phenoxy) is 1. The molecule has 0 bridgehead atoms. The third-order valence-corrected chi connectivity index (χ3v) is 4.22. The van der Waals surface area contributed by atoms with Crippen LogP contribution in [0.5, 0.6) is 0 Å². The van der Waals surface area contributed by atoms with Gasteiger partial charge in [-0.3, -0.25) is 0 Å². The van der Waals surface area contributed by atoms with Crippen LogP contribution in [-0.2, 0) is 4.74 Å². The van der Waals surface area contributed by atoms with E-state index >= 15 is 0 Å². The van der Waals surface area contributed by atoms with Gasteiger partial charge < -0.3 is 10.1 Å². The first-order valence-electron chi connectivity index (χ1n) is 6.13. The molecule has 2 fully saturated rings. The van der Waals surface area contributed by atoms with Crippen LogP contribution >= 0.6 is 0 Å². The fourth-order valence-electron chi connectivity index (χ4n) is 3.35. The van der Waals surface area contributed by atoms with Crippen molar-refractivity contribution in [2.75, 3.05) is 19.7 Å². The van der Waals surface area contributed by atoms with Gasteiger partial charge in [0.1, 0.15) is 0 Å². The molecule has 0 aromatic carbocycles. The lowest BCUT2D eigenvalue weighted by atomic mass is 9.56. The molecule has 1 heterocycles.